The van der Waals surface area contributed by atoms with Gasteiger partial charge >= 0.3 is 6.18 Å². The highest BCUT2D eigenvalue weighted by molar-refractivity contribution is 5.98. The van der Waals surface area contributed by atoms with E-state index in [9.17, 15) is 13.2 Å². The molecule has 130 valence electrons. The molecule has 3 aromatic rings. The van der Waals surface area contributed by atoms with Crippen LogP contribution in [0, 0.1) is 0 Å². The van der Waals surface area contributed by atoms with E-state index in [-0.39, 0.29) is 35.4 Å². The fraction of sp³-hybridized carbons (Fsp3) is 0.167. The van der Waals surface area contributed by atoms with E-state index in [4.69, 9.17) is 11.5 Å². The Bertz CT molecular complexity index is 914. The first-order chi connectivity index (χ1) is 11.8. The van der Waals surface area contributed by atoms with Gasteiger partial charge in [0.1, 0.15) is 5.69 Å². The normalized spacial score (nSPS) is 12.5. The Labute approximate surface area is 137 Å². The minimum atomic E-state index is -4.49. The predicted octanol–water partition coefficient (Wildman–Crippen LogP) is 0.742. The van der Waals surface area contributed by atoms with Gasteiger partial charge in [-0.1, -0.05) is 16.3 Å². The Morgan fingerprint density at radius 3 is 2.76 bits per heavy atom. The number of benzene rings is 1. The number of alkyl halides is 3. The number of nitrogens with two attached hydrogens (primary N) is 2. The van der Waals surface area contributed by atoms with Gasteiger partial charge in [-0.25, -0.2) is 14.3 Å². The molecular formula is C12H10F3N9O. The summed E-state index contributed by atoms with van der Waals surface area (Å²) in [4.78, 5) is 3.93. The standard InChI is InChI=1S/C12H10F3N9O/c13-12(14,15)6-2-1-3-7(4-6)18-10(16)9-8(20-25-21-9)5-24-11(17)19-22-23-24/h1-4H,5H2,(H2,16,18)(H2,17,19,23). The van der Waals surface area contributed by atoms with Crippen molar-refractivity contribution < 1.29 is 17.8 Å². The number of nitrogen functional groups attached to an aromatic ring is 1. The summed E-state index contributed by atoms with van der Waals surface area (Å²) in [5.41, 5.74) is 10.8. The van der Waals surface area contributed by atoms with Crippen LogP contribution < -0.4 is 11.5 Å². The molecule has 0 bridgehead atoms. The van der Waals surface area contributed by atoms with Crippen LogP contribution in [0.3, 0.4) is 0 Å². The van der Waals surface area contributed by atoms with Crippen molar-refractivity contribution in [1.29, 1.82) is 0 Å². The maximum atomic E-state index is 12.7. The predicted molar refractivity (Wildman–Crippen MR) is 77.5 cm³/mol. The molecule has 1 aromatic carbocycles. The SMILES string of the molecule is NC(=Nc1cccc(C(F)(F)F)c1)c1nonc1Cn1nnnc1N. The van der Waals surface area contributed by atoms with Gasteiger partial charge in [-0.2, -0.15) is 13.2 Å². The van der Waals surface area contributed by atoms with Crippen molar-refractivity contribution in [3.05, 3.63) is 41.2 Å². The zero-order chi connectivity index (χ0) is 18.0. The lowest BCUT2D eigenvalue weighted by molar-refractivity contribution is -0.137. The van der Waals surface area contributed by atoms with Crippen molar-refractivity contribution >= 4 is 17.5 Å². The van der Waals surface area contributed by atoms with E-state index < -0.39 is 11.7 Å². The summed E-state index contributed by atoms with van der Waals surface area (Å²) in [6.07, 6.45) is -4.49. The highest BCUT2D eigenvalue weighted by Crippen LogP contribution is 2.31. The monoisotopic (exact) mass is 353 g/mol. The van der Waals surface area contributed by atoms with Crippen molar-refractivity contribution in [3.8, 4) is 0 Å². The molecule has 0 saturated heterocycles. The Balaban J connectivity index is 1.89. The van der Waals surface area contributed by atoms with Gasteiger partial charge < -0.3 is 11.5 Å². The summed E-state index contributed by atoms with van der Waals surface area (Å²) < 4.78 is 44.0. The number of nitrogens with zero attached hydrogens (tertiary/aromatic N) is 7. The summed E-state index contributed by atoms with van der Waals surface area (Å²) in [5.74, 6) is -0.149. The van der Waals surface area contributed by atoms with Gasteiger partial charge in [0.15, 0.2) is 11.5 Å². The van der Waals surface area contributed by atoms with Gasteiger partial charge in [0, 0.05) is 0 Å². The molecule has 0 aliphatic heterocycles. The third kappa shape index (κ3) is 3.54. The smallest absolute Gasteiger partial charge is 0.382 e. The minimum absolute atomic E-state index is 0.00297. The van der Waals surface area contributed by atoms with Gasteiger partial charge in [-0.15, -0.1) is 0 Å². The minimum Gasteiger partial charge on any atom is -0.382 e. The summed E-state index contributed by atoms with van der Waals surface area (Å²) in [6, 6.07) is 4.38. The van der Waals surface area contributed by atoms with Crippen LogP contribution >= 0.6 is 0 Å². The number of hydrogen-bond acceptors (Lipinski definition) is 8. The molecule has 0 unspecified atom stereocenters. The van der Waals surface area contributed by atoms with E-state index >= 15 is 0 Å². The molecule has 3 rings (SSSR count). The second kappa shape index (κ2) is 6.18. The summed E-state index contributed by atoms with van der Waals surface area (Å²) in [6.45, 7) is -0.00349. The molecule has 25 heavy (non-hydrogen) atoms. The third-order valence-electron chi connectivity index (χ3n) is 3.08. The van der Waals surface area contributed by atoms with Crippen molar-refractivity contribution in [3.63, 3.8) is 0 Å². The largest absolute Gasteiger partial charge is 0.416 e. The van der Waals surface area contributed by atoms with Crippen LogP contribution in [0.5, 0.6) is 0 Å². The maximum absolute atomic E-state index is 12.7. The van der Waals surface area contributed by atoms with Gasteiger partial charge in [-0.3, -0.25) is 0 Å². The summed E-state index contributed by atoms with van der Waals surface area (Å²) in [7, 11) is 0. The van der Waals surface area contributed by atoms with E-state index in [1.165, 1.54) is 16.8 Å². The van der Waals surface area contributed by atoms with Crippen molar-refractivity contribution in [2.45, 2.75) is 12.7 Å². The van der Waals surface area contributed by atoms with Crippen LogP contribution in [0.4, 0.5) is 24.8 Å². The molecule has 10 nitrogen and oxygen atoms in total. The number of anilines is 1. The number of amidine groups is 1. The molecule has 0 radical (unpaired) electrons. The number of hydrogen-bond donors (Lipinski definition) is 2. The zero-order valence-electron chi connectivity index (χ0n) is 12.3. The van der Waals surface area contributed by atoms with Crippen LogP contribution in [0.15, 0.2) is 33.9 Å². The molecule has 0 amide bonds. The van der Waals surface area contributed by atoms with Crippen LogP contribution in [0.2, 0.25) is 0 Å². The van der Waals surface area contributed by atoms with E-state index in [0.717, 1.165) is 12.1 Å². The Morgan fingerprint density at radius 1 is 1.28 bits per heavy atom. The molecule has 13 heteroatoms. The van der Waals surface area contributed by atoms with E-state index in [2.05, 4.69) is 35.5 Å². The lowest BCUT2D eigenvalue weighted by atomic mass is 10.2. The second-order valence-electron chi connectivity index (χ2n) is 4.80. The highest BCUT2D eigenvalue weighted by Gasteiger charge is 2.30. The summed E-state index contributed by atoms with van der Waals surface area (Å²) >= 11 is 0. The number of tetrazole rings is 1. The number of halogens is 3. The molecule has 2 aromatic heterocycles. The Hall–Kier alpha value is -3.51. The van der Waals surface area contributed by atoms with Crippen LogP contribution in [0.25, 0.3) is 0 Å². The highest BCUT2D eigenvalue weighted by atomic mass is 19.4. The van der Waals surface area contributed by atoms with Gasteiger partial charge in [0.2, 0.25) is 5.95 Å². The maximum Gasteiger partial charge on any atom is 0.416 e. The quantitative estimate of drug-likeness (QED) is 0.515. The first-order valence-corrected chi connectivity index (χ1v) is 6.69. The second-order valence-corrected chi connectivity index (χ2v) is 4.80. The van der Waals surface area contributed by atoms with Gasteiger partial charge in [0.05, 0.1) is 17.8 Å². The molecule has 0 atom stereocenters. The first-order valence-electron chi connectivity index (χ1n) is 6.69. The summed E-state index contributed by atoms with van der Waals surface area (Å²) in [5, 5.41) is 17.8. The lowest BCUT2D eigenvalue weighted by Crippen LogP contribution is -2.17. The van der Waals surface area contributed by atoms with E-state index in [0.29, 0.717) is 0 Å². The van der Waals surface area contributed by atoms with Crippen LogP contribution in [0.1, 0.15) is 17.0 Å². The third-order valence-corrected chi connectivity index (χ3v) is 3.08. The van der Waals surface area contributed by atoms with E-state index in [1.807, 2.05) is 0 Å². The Morgan fingerprint density at radius 2 is 2.08 bits per heavy atom. The van der Waals surface area contributed by atoms with Gasteiger partial charge in [0.25, 0.3) is 0 Å². The molecule has 0 aliphatic carbocycles. The zero-order valence-corrected chi connectivity index (χ0v) is 12.3. The molecule has 2 heterocycles. The average Bonchev–Trinajstić information content (AvgIpc) is 3.17. The fourth-order valence-electron chi connectivity index (χ4n) is 1.91. The van der Waals surface area contributed by atoms with Gasteiger partial charge in [-0.05, 0) is 33.8 Å². The lowest BCUT2D eigenvalue weighted by Gasteiger charge is -2.07. The Kier molecular flexibility index (Phi) is 4.04. The van der Waals surface area contributed by atoms with Crippen molar-refractivity contribution in [2.24, 2.45) is 10.7 Å². The molecular weight excluding hydrogens is 343 g/mol. The number of aliphatic imine (C=N–C) groups is 1. The molecule has 0 spiro atoms. The van der Waals surface area contributed by atoms with Crippen molar-refractivity contribution in [1.82, 2.24) is 30.5 Å². The number of aromatic nitrogens is 6. The topological polar surface area (TPSA) is 147 Å². The van der Waals surface area contributed by atoms with Crippen LogP contribution in [-0.2, 0) is 12.7 Å². The van der Waals surface area contributed by atoms with E-state index in [1.54, 1.807) is 0 Å². The molecule has 0 saturated carbocycles. The molecule has 0 fully saturated rings. The average molecular weight is 353 g/mol. The van der Waals surface area contributed by atoms with Crippen LogP contribution in [-0.4, -0.2) is 36.4 Å². The molecule has 0 aliphatic rings. The fourth-order valence-corrected chi connectivity index (χ4v) is 1.91. The molecule has 4 N–H and O–H groups in total. The first kappa shape index (κ1) is 16.4. The van der Waals surface area contributed by atoms with Crippen molar-refractivity contribution in [2.75, 3.05) is 5.73 Å². The number of rotatable bonds is 4.